The maximum absolute atomic E-state index is 12.6. The Balaban J connectivity index is 0.000000162. The van der Waals surface area contributed by atoms with E-state index < -0.39 is 11.8 Å². The molecule has 4 saturated heterocycles. The largest absolute Gasteiger partial charge is 0.508 e. The van der Waals surface area contributed by atoms with E-state index in [1.165, 1.54) is 75.4 Å². The maximum atomic E-state index is 12.6. The predicted octanol–water partition coefficient (Wildman–Crippen LogP) is 20.5. The molecule has 4 aliphatic heterocycles. The van der Waals surface area contributed by atoms with Crippen LogP contribution in [0.2, 0.25) is 0 Å². The average molecular weight is 1710 g/mol. The van der Waals surface area contributed by atoms with Crippen molar-refractivity contribution < 1.29 is 62.2 Å². The summed E-state index contributed by atoms with van der Waals surface area (Å²) >= 11 is 0. The van der Waals surface area contributed by atoms with Crippen LogP contribution in [0.1, 0.15) is 89.0 Å². The summed E-state index contributed by atoms with van der Waals surface area (Å²) < 4.78 is 42.5. The van der Waals surface area contributed by atoms with Crippen molar-refractivity contribution in [2.75, 3.05) is 116 Å². The summed E-state index contributed by atoms with van der Waals surface area (Å²) in [4.78, 5) is 70.0. The van der Waals surface area contributed by atoms with Crippen LogP contribution in [-0.4, -0.2) is 189 Å². The number of phenols is 1. The van der Waals surface area contributed by atoms with Crippen molar-refractivity contribution in [3.63, 3.8) is 0 Å². The third-order valence-corrected chi connectivity index (χ3v) is 22.6. The molecule has 0 saturated carbocycles. The van der Waals surface area contributed by atoms with E-state index in [0.29, 0.717) is 48.1 Å². The average Bonchev–Trinajstić information content (AvgIpc) is 1.62. The molecule has 656 valence electrons. The number of hydrogen-bond acceptors (Lipinski definition) is 17. The van der Waals surface area contributed by atoms with Crippen LogP contribution in [0, 0.1) is 33.2 Å². The van der Waals surface area contributed by atoms with Gasteiger partial charge in [-0.3, -0.25) is 19.2 Å². The molecular formula is C106H114N8O13. The van der Waals surface area contributed by atoms with Crippen molar-refractivity contribution in [1.82, 2.24) is 19.6 Å². The zero-order valence-corrected chi connectivity index (χ0v) is 74.5. The molecule has 4 aliphatic rings. The first-order chi connectivity index (χ1) is 61.4. The molecule has 12 aromatic rings. The van der Waals surface area contributed by atoms with Gasteiger partial charge in [0.2, 0.25) is 0 Å². The van der Waals surface area contributed by atoms with Crippen LogP contribution < -0.4 is 14.2 Å². The zero-order chi connectivity index (χ0) is 90.7. The highest BCUT2D eigenvalue weighted by molar-refractivity contribution is 5.90. The fourth-order valence-electron chi connectivity index (χ4n) is 15.4. The molecule has 21 nitrogen and oxygen atoms in total. The lowest BCUT2D eigenvalue weighted by Crippen LogP contribution is -2.21. The van der Waals surface area contributed by atoms with Crippen molar-refractivity contribution >= 4 is 89.7 Å². The lowest BCUT2D eigenvalue weighted by molar-refractivity contribution is -0.143. The van der Waals surface area contributed by atoms with Crippen LogP contribution in [-0.2, 0) is 75.0 Å². The second-order valence-electron chi connectivity index (χ2n) is 32.2. The van der Waals surface area contributed by atoms with Gasteiger partial charge in [-0.15, -0.1) is 0 Å². The van der Waals surface area contributed by atoms with E-state index in [4.69, 9.17) is 59.8 Å². The van der Waals surface area contributed by atoms with Crippen LogP contribution in [0.4, 0.5) is 22.7 Å². The highest BCUT2D eigenvalue weighted by Gasteiger charge is 2.28. The van der Waals surface area contributed by atoms with Crippen molar-refractivity contribution in [2.45, 2.75) is 108 Å². The fraction of sp³-hybridized carbons (Fsp3) is 0.321. The lowest BCUT2D eigenvalue weighted by Gasteiger charge is -2.18. The number of aromatic hydroxyl groups is 1. The molecule has 0 amide bonds. The minimum absolute atomic E-state index is 0.198. The molecule has 4 fully saturated rings. The van der Waals surface area contributed by atoms with Crippen molar-refractivity contribution in [1.29, 1.82) is 0 Å². The number of methoxy groups -OCH3 is 5. The van der Waals surface area contributed by atoms with Crippen LogP contribution in [0.5, 0.6) is 23.0 Å². The highest BCUT2D eigenvalue weighted by Crippen LogP contribution is 2.33. The summed E-state index contributed by atoms with van der Waals surface area (Å²) in [6.45, 7) is 40.8. The lowest BCUT2D eigenvalue weighted by atomic mass is 9.91. The number of ether oxygens (including phenoxy) is 8. The Morgan fingerprint density at radius 3 is 0.945 bits per heavy atom. The van der Waals surface area contributed by atoms with Gasteiger partial charge in [0.25, 0.3) is 0 Å². The van der Waals surface area contributed by atoms with E-state index in [-0.39, 0.29) is 54.4 Å². The number of nitrogens with zero attached hydrogens (tertiary/aromatic N) is 8. The molecule has 1 N–H and O–H groups in total. The second kappa shape index (κ2) is 48.7. The number of likely N-dealkylation sites (N-methyl/N-ethyl adjacent to an activating group) is 4. The van der Waals surface area contributed by atoms with Gasteiger partial charge in [-0.25, -0.2) is 19.4 Å². The van der Waals surface area contributed by atoms with Gasteiger partial charge >= 0.3 is 23.9 Å². The van der Waals surface area contributed by atoms with Crippen LogP contribution in [0.15, 0.2) is 243 Å². The van der Waals surface area contributed by atoms with E-state index in [0.717, 1.165) is 154 Å². The van der Waals surface area contributed by atoms with E-state index in [9.17, 15) is 19.2 Å². The van der Waals surface area contributed by atoms with Crippen molar-refractivity contribution in [3.8, 4) is 23.0 Å². The van der Waals surface area contributed by atoms with Gasteiger partial charge in [0.1, 0.15) is 41.3 Å². The van der Waals surface area contributed by atoms with E-state index in [1.807, 2.05) is 182 Å². The van der Waals surface area contributed by atoms with Crippen molar-refractivity contribution in [2.24, 2.45) is 0 Å². The molecule has 127 heavy (non-hydrogen) atoms. The number of benzene rings is 12. The number of esters is 4. The second-order valence-corrected chi connectivity index (χ2v) is 32.2. The van der Waals surface area contributed by atoms with Crippen LogP contribution >= 0.6 is 0 Å². The quantitative estimate of drug-likeness (QED) is 0.0430. The summed E-state index contributed by atoms with van der Waals surface area (Å²) in [5.74, 6) is 0.878. The van der Waals surface area contributed by atoms with Crippen LogP contribution in [0.25, 0.3) is 62.5 Å². The molecule has 0 aromatic heterocycles. The number of carbonyl (C=O) groups is 4. The first-order valence-electron chi connectivity index (χ1n) is 42.7. The third kappa shape index (κ3) is 29.9. The van der Waals surface area contributed by atoms with Crippen molar-refractivity contribution in [3.05, 3.63) is 333 Å². The minimum Gasteiger partial charge on any atom is -0.508 e. The normalized spacial score (nSPS) is 16.2. The number of carbonyl (C=O) groups excluding carboxylic acids is 4. The van der Waals surface area contributed by atoms with Crippen LogP contribution in [0.3, 0.4) is 0 Å². The standard InChI is InChI=1S/2C26H26N2O3.C14H19NO3.C13H11N.C12H9N.C9H10O3.C6H13NO/c2*1-27-22-9-6-19-5-4-18(14-21(19)16-22)15-25(26(29)30-3)20-7-10-23(11-8-20)31-24-12-13-28(2)17-24;1-15-8-7-13(10-15)18-12-5-3-11(4-6-12)9-14(16)17-2;1-3-10-4-5-11-6-7-13(14-2)9-12(11)8-10;1-9-3-4-10-5-6-12(13-2)8-11(10)7-9;1-12-9(11)6-7-2-4-8(10)5-3-7;1-7-4-3-6(5-7)8-2/h2*4-11,14,16,24-25H,12-13,15,17H2,2-3H3;3-6,13H,7-10H2,1-2H3;4-9H,3H2,1H3;3-8H,1H3;2-5,10H,6H2,1H3;6H,3-5H2,1-2H3. The molecule has 4 heterocycles. The molecule has 12 aromatic carbocycles. The summed E-state index contributed by atoms with van der Waals surface area (Å²) in [6.07, 6.45) is 8.18. The number of rotatable bonds is 20. The Hall–Kier alpha value is -13.5. The molecule has 0 radical (unpaired) electrons. The highest BCUT2D eigenvalue weighted by atomic mass is 16.5. The third-order valence-electron chi connectivity index (χ3n) is 22.6. The molecule has 0 aliphatic carbocycles. The van der Waals surface area contributed by atoms with Gasteiger partial charge in [-0.05, 0) is 235 Å². The summed E-state index contributed by atoms with van der Waals surface area (Å²) in [5.41, 5.74) is 10.8. The molecule has 6 atom stereocenters. The number of fused-ring (bicyclic) bond motifs is 4. The first kappa shape index (κ1) is 95.7. The summed E-state index contributed by atoms with van der Waals surface area (Å²) in [5, 5.41) is 17.8. The summed E-state index contributed by atoms with van der Waals surface area (Å²) in [6, 6.07) is 77.4. The summed E-state index contributed by atoms with van der Waals surface area (Å²) in [7, 11) is 15.8. The Bertz CT molecular complexity index is 5640. The number of hydrogen-bond donors (Lipinski definition) is 1. The van der Waals surface area contributed by atoms with E-state index in [1.54, 1.807) is 19.2 Å². The van der Waals surface area contributed by atoms with Gasteiger partial charge in [-0.1, -0.05) is 182 Å². The van der Waals surface area contributed by atoms with Gasteiger partial charge in [0.05, 0.1) is 85.5 Å². The van der Waals surface area contributed by atoms with Gasteiger partial charge in [0.15, 0.2) is 22.7 Å². The molecule has 6 unspecified atom stereocenters. The topological polar surface area (TPSA) is 193 Å². The smallest absolute Gasteiger partial charge is 0.313 e. The zero-order valence-electron chi connectivity index (χ0n) is 74.5. The predicted molar refractivity (Wildman–Crippen MR) is 503 cm³/mol. The van der Waals surface area contributed by atoms with E-state index >= 15 is 0 Å². The Morgan fingerprint density at radius 2 is 0.646 bits per heavy atom. The number of phenolic OH excluding ortho intramolecular Hbond substituents is 1. The van der Waals surface area contributed by atoms with Gasteiger partial charge in [0, 0.05) is 59.5 Å². The molecule has 21 heteroatoms. The molecule has 16 rings (SSSR count). The monoisotopic (exact) mass is 1710 g/mol. The van der Waals surface area contributed by atoms with Gasteiger partial charge in [-0.2, -0.15) is 0 Å². The maximum Gasteiger partial charge on any atom is 0.313 e. The Labute approximate surface area is 747 Å². The SMILES string of the molecule is COC(=O)Cc1ccc(O)cc1.COC(=O)Cc1ccc(OC2CCN(C)C2)cc1.COC1CCN(C)C1.[C-]#[N+]c1ccc2ccc(C)cc2c1.[C-]#[N+]c1ccc2ccc(CC(C(=O)OC)c3ccc(OC4CCN(C)C4)cc3)cc2c1.[C-]#[N+]c1ccc2ccc(CC(C(=O)OC)c3ccc(OC4CCN(C)C4)cc3)cc2c1.[C-]#[N+]c1ccc2ccc(CC)cc2c1. The van der Waals surface area contributed by atoms with Gasteiger partial charge < -0.3 is 62.6 Å². The first-order valence-corrected chi connectivity index (χ1v) is 42.7. The molecule has 0 spiro atoms. The Morgan fingerprint density at radius 1 is 0.354 bits per heavy atom. The fourth-order valence-corrected chi connectivity index (χ4v) is 15.4. The van der Waals surface area contributed by atoms with E-state index in [2.05, 4.69) is 127 Å². The minimum atomic E-state index is -0.404. The molecular weight excluding hydrogens is 1590 g/mol. The molecule has 0 bridgehead atoms. The number of aryl methyl sites for hydroxylation is 2. The number of likely N-dealkylation sites (tertiary alicyclic amines) is 4. The Kier molecular flexibility index (Phi) is 36.7.